The van der Waals surface area contributed by atoms with E-state index in [2.05, 4.69) is 10.6 Å². The largest absolute Gasteiger partial charge is 0.448 e. The van der Waals surface area contributed by atoms with Gasteiger partial charge in [0.25, 0.3) is 0 Å². The van der Waals surface area contributed by atoms with Gasteiger partial charge in [0.2, 0.25) is 0 Å². The minimum atomic E-state index is -0.310. The Bertz CT molecular complexity index is 156. The minimum absolute atomic E-state index is 0.310. The third-order valence-corrected chi connectivity index (χ3v) is 2.15. The van der Waals surface area contributed by atoms with Crippen LogP contribution in [-0.2, 0) is 4.74 Å². The zero-order valence-corrected chi connectivity index (χ0v) is 8.14. The fourth-order valence-corrected chi connectivity index (χ4v) is 1.44. The van der Waals surface area contributed by atoms with Crippen molar-refractivity contribution in [3.63, 3.8) is 0 Å². The highest BCUT2D eigenvalue weighted by Gasteiger charge is 2.13. The van der Waals surface area contributed by atoms with Crippen LogP contribution in [-0.4, -0.2) is 31.8 Å². The molecule has 1 aliphatic rings. The number of carbonyl (C=O) groups is 1. The normalized spacial score (nSPS) is 22.4. The number of alkyl carbamates (subject to hydrolysis) is 1. The van der Waals surface area contributed by atoms with E-state index in [0.29, 0.717) is 19.2 Å². The predicted molar refractivity (Wildman–Crippen MR) is 50.7 cm³/mol. The molecule has 1 aliphatic heterocycles. The molecule has 0 saturated carbocycles. The molecular formula is C9H18N2O2. The lowest BCUT2D eigenvalue weighted by Crippen LogP contribution is -2.39. The van der Waals surface area contributed by atoms with E-state index in [-0.39, 0.29) is 6.09 Å². The Morgan fingerprint density at radius 3 is 3.08 bits per heavy atom. The average molecular weight is 186 g/mol. The molecule has 0 aliphatic carbocycles. The molecule has 1 rings (SSSR count). The highest BCUT2D eigenvalue weighted by Crippen LogP contribution is 2.06. The molecule has 0 bridgehead atoms. The van der Waals surface area contributed by atoms with E-state index >= 15 is 0 Å². The van der Waals surface area contributed by atoms with E-state index in [1.807, 2.05) is 6.92 Å². The lowest BCUT2D eigenvalue weighted by atomic mass is 10.1. The van der Waals surface area contributed by atoms with Crippen LogP contribution in [0.15, 0.2) is 0 Å². The molecule has 1 heterocycles. The van der Waals surface area contributed by atoms with Crippen molar-refractivity contribution in [3.05, 3.63) is 0 Å². The number of nitrogens with one attached hydrogen (secondary N) is 2. The van der Waals surface area contributed by atoms with Crippen LogP contribution >= 0.6 is 0 Å². The molecule has 1 fully saturated rings. The number of hydrogen-bond acceptors (Lipinski definition) is 3. The summed E-state index contributed by atoms with van der Waals surface area (Å²) in [6.45, 7) is 4.03. The zero-order valence-electron chi connectivity index (χ0n) is 8.14. The van der Waals surface area contributed by atoms with Crippen LogP contribution in [0.25, 0.3) is 0 Å². The van der Waals surface area contributed by atoms with E-state index in [1.54, 1.807) is 0 Å². The Hall–Kier alpha value is -0.770. The van der Waals surface area contributed by atoms with Gasteiger partial charge in [-0.05, 0) is 26.3 Å². The van der Waals surface area contributed by atoms with Crippen molar-refractivity contribution in [3.8, 4) is 0 Å². The molecule has 0 radical (unpaired) electrons. The van der Waals surface area contributed by atoms with Crippen molar-refractivity contribution in [2.45, 2.75) is 32.2 Å². The molecule has 0 unspecified atom stereocenters. The van der Waals surface area contributed by atoms with Crippen molar-refractivity contribution < 1.29 is 9.53 Å². The van der Waals surface area contributed by atoms with Gasteiger partial charge in [-0.3, -0.25) is 0 Å². The Kier molecular flexibility index (Phi) is 4.60. The van der Waals surface area contributed by atoms with Gasteiger partial charge in [0.05, 0.1) is 0 Å². The van der Waals surface area contributed by atoms with Gasteiger partial charge in [-0.2, -0.15) is 0 Å². The lowest BCUT2D eigenvalue weighted by Gasteiger charge is -2.22. The molecule has 1 amide bonds. The van der Waals surface area contributed by atoms with E-state index < -0.39 is 0 Å². The van der Waals surface area contributed by atoms with Gasteiger partial charge in [-0.15, -0.1) is 0 Å². The summed E-state index contributed by atoms with van der Waals surface area (Å²) in [4.78, 5) is 10.9. The molecule has 76 valence electrons. The van der Waals surface area contributed by atoms with Gasteiger partial charge in [-0.25, -0.2) is 4.79 Å². The molecule has 1 saturated heterocycles. The van der Waals surface area contributed by atoms with Crippen LogP contribution < -0.4 is 10.6 Å². The second-order valence-electron chi connectivity index (χ2n) is 3.28. The number of ether oxygens (including phenoxy) is 1. The Balaban J connectivity index is 2.06. The SMILES string of the molecule is CCNC(=O)OC[C@H]1CCCCN1. The number of carbonyl (C=O) groups excluding carboxylic acids is 1. The monoisotopic (exact) mass is 186 g/mol. The average Bonchev–Trinajstić information content (AvgIpc) is 2.17. The quantitative estimate of drug-likeness (QED) is 0.687. The highest BCUT2D eigenvalue weighted by molar-refractivity contribution is 5.66. The standard InChI is InChI=1S/C9H18N2O2/c1-2-10-9(12)13-7-8-5-3-4-6-11-8/h8,11H,2-7H2,1H3,(H,10,12)/t8-/m1/s1. The first-order valence-corrected chi connectivity index (χ1v) is 4.97. The molecular weight excluding hydrogens is 168 g/mol. The van der Waals surface area contributed by atoms with Gasteiger partial charge in [0.15, 0.2) is 0 Å². The summed E-state index contributed by atoms with van der Waals surface area (Å²) in [6, 6.07) is 0.358. The predicted octanol–water partition coefficient (Wildman–Crippen LogP) is 0.875. The molecule has 0 aromatic carbocycles. The first-order chi connectivity index (χ1) is 6.33. The summed E-state index contributed by atoms with van der Waals surface area (Å²) in [7, 11) is 0. The highest BCUT2D eigenvalue weighted by atomic mass is 16.5. The summed E-state index contributed by atoms with van der Waals surface area (Å²) in [6.07, 6.45) is 3.27. The molecule has 0 aromatic rings. The Morgan fingerprint density at radius 1 is 1.62 bits per heavy atom. The summed E-state index contributed by atoms with van der Waals surface area (Å²) in [5.41, 5.74) is 0. The van der Waals surface area contributed by atoms with Crippen LogP contribution in [0, 0.1) is 0 Å². The van der Waals surface area contributed by atoms with Gasteiger partial charge >= 0.3 is 6.09 Å². The molecule has 0 aromatic heterocycles. The number of amides is 1. The van der Waals surface area contributed by atoms with E-state index in [4.69, 9.17) is 4.74 Å². The van der Waals surface area contributed by atoms with Crippen molar-refractivity contribution in [2.75, 3.05) is 19.7 Å². The van der Waals surface area contributed by atoms with E-state index in [0.717, 1.165) is 13.0 Å². The zero-order chi connectivity index (χ0) is 9.52. The Morgan fingerprint density at radius 2 is 2.46 bits per heavy atom. The van der Waals surface area contributed by atoms with Crippen molar-refractivity contribution in [2.24, 2.45) is 0 Å². The fraction of sp³-hybridized carbons (Fsp3) is 0.889. The molecule has 4 heteroatoms. The summed E-state index contributed by atoms with van der Waals surface area (Å²) < 4.78 is 5.01. The van der Waals surface area contributed by atoms with Crippen LogP contribution in [0.4, 0.5) is 4.79 Å². The van der Waals surface area contributed by atoms with Gasteiger partial charge in [0.1, 0.15) is 6.61 Å². The van der Waals surface area contributed by atoms with Gasteiger partial charge in [-0.1, -0.05) is 6.42 Å². The third-order valence-electron chi connectivity index (χ3n) is 2.15. The second-order valence-corrected chi connectivity index (χ2v) is 3.28. The topological polar surface area (TPSA) is 50.4 Å². The van der Waals surface area contributed by atoms with Crippen LogP contribution in [0.1, 0.15) is 26.2 Å². The number of hydrogen-bond donors (Lipinski definition) is 2. The first-order valence-electron chi connectivity index (χ1n) is 4.97. The van der Waals surface area contributed by atoms with E-state index in [1.165, 1.54) is 12.8 Å². The van der Waals surface area contributed by atoms with Crippen LogP contribution in [0.2, 0.25) is 0 Å². The molecule has 13 heavy (non-hydrogen) atoms. The fourth-order valence-electron chi connectivity index (χ4n) is 1.44. The van der Waals surface area contributed by atoms with Gasteiger partial charge in [0, 0.05) is 12.6 Å². The summed E-state index contributed by atoms with van der Waals surface area (Å²) >= 11 is 0. The maximum atomic E-state index is 10.9. The maximum absolute atomic E-state index is 10.9. The van der Waals surface area contributed by atoms with Crippen molar-refractivity contribution in [1.29, 1.82) is 0 Å². The number of rotatable bonds is 3. The Labute approximate surface area is 79.0 Å². The minimum Gasteiger partial charge on any atom is -0.448 e. The second kappa shape index (κ2) is 5.80. The van der Waals surface area contributed by atoms with Crippen molar-refractivity contribution in [1.82, 2.24) is 10.6 Å². The molecule has 2 N–H and O–H groups in total. The van der Waals surface area contributed by atoms with Crippen LogP contribution in [0.5, 0.6) is 0 Å². The molecule has 4 nitrogen and oxygen atoms in total. The van der Waals surface area contributed by atoms with E-state index in [9.17, 15) is 4.79 Å². The third kappa shape index (κ3) is 4.12. The number of piperidine rings is 1. The smallest absolute Gasteiger partial charge is 0.407 e. The summed E-state index contributed by atoms with van der Waals surface area (Å²) in [5, 5.41) is 5.91. The lowest BCUT2D eigenvalue weighted by molar-refractivity contribution is 0.128. The van der Waals surface area contributed by atoms with Crippen LogP contribution in [0.3, 0.4) is 0 Å². The van der Waals surface area contributed by atoms with Gasteiger partial charge < -0.3 is 15.4 Å². The first kappa shape index (κ1) is 10.3. The maximum Gasteiger partial charge on any atom is 0.407 e. The summed E-state index contributed by atoms with van der Waals surface area (Å²) in [5.74, 6) is 0. The molecule has 0 spiro atoms. The van der Waals surface area contributed by atoms with Crippen molar-refractivity contribution >= 4 is 6.09 Å². The molecule has 1 atom stereocenters.